The van der Waals surface area contributed by atoms with Crippen molar-refractivity contribution in [2.45, 2.75) is 51.6 Å². The summed E-state index contributed by atoms with van der Waals surface area (Å²) in [6.45, 7) is 6.82. The maximum atomic E-state index is 12.0. The fourth-order valence-electron chi connectivity index (χ4n) is 3.03. The Kier molecular flexibility index (Phi) is 7.11. The number of carbonyl (C=O) groups is 1. The molecule has 2 fully saturated rings. The van der Waals surface area contributed by atoms with Gasteiger partial charge in [-0.05, 0) is 18.3 Å². The molecule has 1 saturated heterocycles. The second-order valence-electron chi connectivity index (χ2n) is 5.87. The lowest BCUT2D eigenvalue weighted by atomic mass is 9.78. The zero-order chi connectivity index (χ0) is 13.0. The van der Waals surface area contributed by atoms with Gasteiger partial charge in [0.05, 0.1) is 13.2 Å². The van der Waals surface area contributed by atoms with Gasteiger partial charge in [0.1, 0.15) is 0 Å². The first-order chi connectivity index (χ1) is 8.66. The van der Waals surface area contributed by atoms with Gasteiger partial charge in [-0.2, -0.15) is 0 Å². The van der Waals surface area contributed by atoms with Gasteiger partial charge in [-0.3, -0.25) is 4.79 Å². The van der Waals surface area contributed by atoms with Crippen LogP contribution in [0.15, 0.2) is 0 Å². The molecule has 1 amide bonds. The van der Waals surface area contributed by atoms with E-state index >= 15 is 0 Å². The van der Waals surface area contributed by atoms with E-state index in [9.17, 15) is 4.79 Å². The van der Waals surface area contributed by atoms with Crippen LogP contribution in [0.1, 0.15) is 39.5 Å². The summed E-state index contributed by atoms with van der Waals surface area (Å²) in [7, 11) is 0. The Bertz CT molecular complexity index is 283. The first-order valence-electron chi connectivity index (χ1n) is 7.27. The summed E-state index contributed by atoms with van der Waals surface area (Å²) >= 11 is 0. The molecular weight excluding hydrogens is 264 g/mol. The number of carbonyl (C=O) groups excluding carboxylic acids is 1. The zero-order valence-corrected chi connectivity index (χ0v) is 12.8. The number of amides is 1. The molecule has 0 aromatic heterocycles. The lowest BCUT2D eigenvalue weighted by Crippen LogP contribution is -2.48. The smallest absolute Gasteiger partial charge is 0.221 e. The van der Waals surface area contributed by atoms with Crippen LogP contribution >= 0.6 is 12.4 Å². The maximum Gasteiger partial charge on any atom is 0.221 e. The van der Waals surface area contributed by atoms with Crippen LogP contribution < -0.4 is 10.6 Å². The number of nitrogens with one attached hydrogen (secondary N) is 2. The average Bonchev–Trinajstić information content (AvgIpc) is 2.36. The lowest BCUT2D eigenvalue weighted by molar-refractivity contribution is -0.123. The summed E-state index contributed by atoms with van der Waals surface area (Å²) in [4.78, 5) is 12.0. The predicted octanol–water partition coefficient (Wildman–Crippen LogP) is 1.73. The molecule has 1 aliphatic heterocycles. The first-order valence-corrected chi connectivity index (χ1v) is 7.27. The van der Waals surface area contributed by atoms with Crippen molar-refractivity contribution in [3.8, 4) is 0 Å². The highest BCUT2D eigenvalue weighted by Gasteiger charge is 2.28. The Morgan fingerprint density at radius 2 is 2.16 bits per heavy atom. The molecule has 19 heavy (non-hydrogen) atoms. The van der Waals surface area contributed by atoms with Crippen LogP contribution in [0.4, 0.5) is 0 Å². The van der Waals surface area contributed by atoms with Crippen LogP contribution in [-0.4, -0.2) is 37.7 Å². The highest BCUT2D eigenvalue weighted by molar-refractivity contribution is 5.85. The van der Waals surface area contributed by atoms with E-state index in [0.29, 0.717) is 25.0 Å². The third-order valence-electron chi connectivity index (χ3n) is 4.48. The van der Waals surface area contributed by atoms with Crippen molar-refractivity contribution in [1.82, 2.24) is 10.6 Å². The first kappa shape index (κ1) is 16.7. The van der Waals surface area contributed by atoms with Crippen molar-refractivity contribution in [2.24, 2.45) is 11.8 Å². The minimum absolute atomic E-state index is 0. The number of rotatable bonds is 3. The van der Waals surface area contributed by atoms with Crippen molar-refractivity contribution in [3.05, 3.63) is 0 Å². The molecule has 4 nitrogen and oxygen atoms in total. The molecule has 2 aliphatic rings. The van der Waals surface area contributed by atoms with Crippen molar-refractivity contribution in [3.63, 3.8) is 0 Å². The van der Waals surface area contributed by atoms with E-state index in [1.165, 1.54) is 12.8 Å². The monoisotopic (exact) mass is 290 g/mol. The number of halogens is 1. The van der Waals surface area contributed by atoms with Gasteiger partial charge in [0.25, 0.3) is 0 Å². The second-order valence-corrected chi connectivity index (χ2v) is 5.87. The van der Waals surface area contributed by atoms with Crippen LogP contribution in [0.2, 0.25) is 0 Å². The second kappa shape index (κ2) is 8.08. The molecule has 1 aliphatic carbocycles. The van der Waals surface area contributed by atoms with Crippen LogP contribution in [0.3, 0.4) is 0 Å². The summed E-state index contributed by atoms with van der Waals surface area (Å²) in [5, 5.41) is 6.53. The summed E-state index contributed by atoms with van der Waals surface area (Å²) in [5.74, 6) is 1.49. The van der Waals surface area contributed by atoms with Crippen molar-refractivity contribution in [1.29, 1.82) is 0 Å². The van der Waals surface area contributed by atoms with Crippen LogP contribution in [0, 0.1) is 11.8 Å². The van der Waals surface area contributed by atoms with Gasteiger partial charge >= 0.3 is 0 Å². The van der Waals surface area contributed by atoms with Crippen molar-refractivity contribution < 1.29 is 9.53 Å². The average molecular weight is 291 g/mol. The zero-order valence-electron chi connectivity index (χ0n) is 12.0. The van der Waals surface area contributed by atoms with Gasteiger partial charge in [0.15, 0.2) is 0 Å². The summed E-state index contributed by atoms with van der Waals surface area (Å²) in [5.41, 5.74) is 0. The van der Waals surface area contributed by atoms with Crippen molar-refractivity contribution in [2.75, 3.05) is 19.8 Å². The van der Waals surface area contributed by atoms with Gasteiger partial charge in [-0.1, -0.05) is 26.7 Å². The Labute approximate surface area is 122 Å². The van der Waals surface area contributed by atoms with E-state index < -0.39 is 0 Å². The Hall–Kier alpha value is -0.320. The van der Waals surface area contributed by atoms with Gasteiger partial charge in [-0.15, -0.1) is 12.4 Å². The SMILES string of the molecule is CC1CCCC(NC(=O)CC2COCCN2)C1C.Cl. The predicted molar refractivity (Wildman–Crippen MR) is 78.6 cm³/mol. The summed E-state index contributed by atoms with van der Waals surface area (Å²) < 4.78 is 5.37. The molecule has 0 bridgehead atoms. The van der Waals surface area contributed by atoms with E-state index in [1.807, 2.05) is 0 Å². The molecule has 1 saturated carbocycles. The number of hydrogen-bond donors (Lipinski definition) is 2. The molecule has 0 aromatic rings. The quantitative estimate of drug-likeness (QED) is 0.832. The molecule has 4 unspecified atom stereocenters. The highest BCUT2D eigenvalue weighted by atomic mass is 35.5. The standard InChI is InChI=1S/C14H26N2O2.ClH/c1-10-4-3-5-13(11(10)2)16-14(17)8-12-9-18-7-6-15-12;/h10-13,15H,3-9H2,1-2H3,(H,16,17);1H. The van der Waals surface area contributed by atoms with E-state index in [4.69, 9.17) is 4.74 Å². The van der Waals surface area contributed by atoms with E-state index in [-0.39, 0.29) is 24.4 Å². The fraction of sp³-hybridized carbons (Fsp3) is 0.929. The lowest BCUT2D eigenvalue weighted by Gasteiger charge is -2.35. The third-order valence-corrected chi connectivity index (χ3v) is 4.48. The maximum absolute atomic E-state index is 12.0. The van der Waals surface area contributed by atoms with Gasteiger partial charge < -0.3 is 15.4 Å². The van der Waals surface area contributed by atoms with Gasteiger partial charge in [-0.25, -0.2) is 0 Å². The molecule has 0 spiro atoms. The molecular formula is C14H27ClN2O2. The van der Waals surface area contributed by atoms with Gasteiger partial charge in [0, 0.05) is 25.0 Å². The van der Waals surface area contributed by atoms with E-state index in [2.05, 4.69) is 24.5 Å². The Morgan fingerprint density at radius 1 is 1.37 bits per heavy atom. The summed E-state index contributed by atoms with van der Waals surface area (Å²) in [6, 6.07) is 0.556. The Morgan fingerprint density at radius 3 is 2.84 bits per heavy atom. The topological polar surface area (TPSA) is 50.4 Å². The molecule has 0 radical (unpaired) electrons. The number of hydrogen-bond acceptors (Lipinski definition) is 3. The van der Waals surface area contributed by atoms with E-state index in [1.54, 1.807) is 0 Å². The number of morpholine rings is 1. The normalized spacial score (nSPS) is 35.3. The Balaban J connectivity index is 0.00000180. The fourth-order valence-corrected chi connectivity index (χ4v) is 3.03. The molecule has 112 valence electrons. The molecule has 5 heteroatoms. The van der Waals surface area contributed by atoms with E-state index in [0.717, 1.165) is 25.5 Å². The van der Waals surface area contributed by atoms with Crippen molar-refractivity contribution >= 4 is 18.3 Å². The summed E-state index contributed by atoms with van der Waals surface area (Å²) in [6.07, 6.45) is 4.20. The third kappa shape index (κ3) is 4.93. The molecule has 1 heterocycles. The van der Waals surface area contributed by atoms with Crippen LogP contribution in [-0.2, 0) is 9.53 Å². The minimum atomic E-state index is 0. The highest BCUT2D eigenvalue weighted by Crippen LogP contribution is 2.29. The molecule has 2 N–H and O–H groups in total. The number of ether oxygens (including phenoxy) is 1. The molecule has 4 atom stereocenters. The minimum Gasteiger partial charge on any atom is -0.378 e. The van der Waals surface area contributed by atoms with Crippen LogP contribution in [0.25, 0.3) is 0 Å². The largest absolute Gasteiger partial charge is 0.378 e. The van der Waals surface area contributed by atoms with Crippen LogP contribution in [0.5, 0.6) is 0 Å². The molecule has 0 aromatic carbocycles. The molecule has 2 rings (SSSR count). The van der Waals surface area contributed by atoms with Gasteiger partial charge in [0.2, 0.25) is 5.91 Å².